The largest absolute Gasteiger partial charge is 0.444 e. The Morgan fingerprint density at radius 2 is 1.73 bits per heavy atom. The minimum Gasteiger partial charge on any atom is -0.444 e. The maximum atomic E-state index is 15.2. The zero-order valence-corrected chi connectivity index (χ0v) is 24.3. The molecule has 2 aromatic carbocycles. The molecule has 2 aromatic rings. The van der Waals surface area contributed by atoms with Gasteiger partial charge in [-0.15, -0.1) is 0 Å². The highest BCUT2D eigenvalue weighted by Gasteiger charge is 2.49. The number of ether oxygens (including phenoxy) is 1. The summed E-state index contributed by atoms with van der Waals surface area (Å²) in [5.74, 6) is -1.12. The van der Waals surface area contributed by atoms with E-state index in [9.17, 15) is 28.5 Å². The molecule has 2 saturated heterocycles. The third kappa shape index (κ3) is 6.68. The molecule has 1 aliphatic carbocycles. The number of nitriles is 2. The molecule has 2 aliphatic heterocycles. The van der Waals surface area contributed by atoms with Gasteiger partial charge in [-0.05, 0) is 87.3 Å². The number of piperidine rings is 2. The van der Waals surface area contributed by atoms with Crippen molar-refractivity contribution in [1.29, 1.82) is 10.5 Å². The molecule has 0 radical (unpaired) electrons. The van der Waals surface area contributed by atoms with Crippen LogP contribution in [0.1, 0.15) is 57.6 Å². The van der Waals surface area contributed by atoms with E-state index in [0.29, 0.717) is 11.1 Å². The van der Waals surface area contributed by atoms with Gasteiger partial charge in [0, 0.05) is 18.7 Å². The minimum absolute atomic E-state index is 0.0430. The lowest BCUT2D eigenvalue weighted by Crippen LogP contribution is -2.64. The van der Waals surface area contributed by atoms with Crippen LogP contribution in [0.3, 0.4) is 0 Å². The van der Waals surface area contributed by atoms with Gasteiger partial charge in [0.1, 0.15) is 29.6 Å². The maximum Gasteiger partial charge on any atom is 0.411 e. The zero-order chi connectivity index (χ0) is 30.1. The van der Waals surface area contributed by atoms with Crippen LogP contribution in [0.25, 0.3) is 11.1 Å². The van der Waals surface area contributed by atoms with Gasteiger partial charge in [-0.1, -0.05) is 18.2 Å². The van der Waals surface area contributed by atoms with Gasteiger partial charge >= 0.3 is 6.09 Å². The van der Waals surface area contributed by atoms with E-state index in [0.717, 1.165) is 31.9 Å². The fraction of sp³-hybridized carbons (Fsp3) is 0.467. The van der Waals surface area contributed by atoms with Gasteiger partial charge in [-0.25, -0.2) is 17.6 Å². The van der Waals surface area contributed by atoms with Gasteiger partial charge in [-0.2, -0.15) is 10.5 Å². The lowest BCUT2D eigenvalue weighted by atomic mass is 9.74. The second-order valence-electron chi connectivity index (χ2n) is 11.7. The summed E-state index contributed by atoms with van der Waals surface area (Å²) in [6, 6.07) is 10.5. The van der Waals surface area contributed by atoms with Crippen molar-refractivity contribution >= 4 is 21.8 Å². The molecule has 11 heteroatoms. The van der Waals surface area contributed by atoms with Crippen molar-refractivity contribution in [3.63, 3.8) is 0 Å². The first-order valence-electron chi connectivity index (χ1n) is 13.5. The Kier molecular flexibility index (Phi) is 8.41. The normalized spacial score (nSPS) is 21.0. The van der Waals surface area contributed by atoms with Gasteiger partial charge in [0.2, 0.25) is 5.91 Å². The Bertz CT molecular complexity index is 1550. The fourth-order valence-corrected chi connectivity index (χ4v) is 6.51. The summed E-state index contributed by atoms with van der Waals surface area (Å²) in [7, 11) is -3.60. The Morgan fingerprint density at radius 3 is 2.29 bits per heavy atom. The third-order valence-electron chi connectivity index (χ3n) is 7.54. The van der Waals surface area contributed by atoms with Gasteiger partial charge in [0.05, 0.1) is 16.5 Å². The summed E-state index contributed by atoms with van der Waals surface area (Å²) in [6.45, 7) is 5.29. The molecule has 3 aliphatic rings. The van der Waals surface area contributed by atoms with Crippen LogP contribution >= 0.6 is 0 Å². The molecule has 1 saturated carbocycles. The number of rotatable bonds is 6. The molecular formula is C30H33FN4O5S. The molecule has 41 heavy (non-hydrogen) atoms. The third-order valence-corrected chi connectivity index (χ3v) is 8.69. The van der Waals surface area contributed by atoms with E-state index in [4.69, 9.17) is 4.74 Å². The predicted molar refractivity (Wildman–Crippen MR) is 149 cm³/mol. The standard InChI is InChI=1S/C30H33FN4O5S/c1-30(2,3)40-29(37)35-24-10-7-18(8-11-24)27(35)28(36)34-23(17-33)14-21-6-5-20(15-25(21)31)19-9-12-26(41(4,38)39)22(13-19)16-32/h5-6,9,12-13,15,18,23-24,27H,7-8,10-11,14H2,1-4H3,(H,34,36)/t18?,23-,24?,27-/m0/s1. The molecule has 0 spiro atoms. The summed E-state index contributed by atoms with van der Waals surface area (Å²) < 4.78 is 44.6. The molecule has 5 rings (SSSR count). The number of carbonyl (C=O) groups is 2. The van der Waals surface area contributed by atoms with Gasteiger partial charge in [0.25, 0.3) is 0 Å². The smallest absolute Gasteiger partial charge is 0.411 e. The molecule has 0 aromatic heterocycles. The van der Waals surface area contributed by atoms with Crippen LogP contribution in [-0.2, 0) is 25.8 Å². The molecule has 2 heterocycles. The van der Waals surface area contributed by atoms with Crippen molar-refractivity contribution in [3.8, 4) is 23.3 Å². The Balaban J connectivity index is 1.50. The monoisotopic (exact) mass is 580 g/mol. The van der Waals surface area contributed by atoms with Crippen LogP contribution in [-0.4, -0.2) is 55.3 Å². The predicted octanol–water partition coefficient (Wildman–Crippen LogP) is 4.50. The number of hydrogen-bond acceptors (Lipinski definition) is 7. The topological polar surface area (TPSA) is 140 Å². The summed E-state index contributed by atoms with van der Waals surface area (Å²) in [5.41, 5.74) is 0.312. The SMILES string of the molecule is CC(C)(C)OC(=O)N1C2CCC(CC2)[C@H]1C(=O)N[C@H](C#N)Cc1ccc(-c2ccc(S(C)(=O)=O)c(C#N)c2)cc1F. The molecule has 1 N–H and O–H groups in total. The summed E-state index contributed by atoms with van der Waals surface area (Å²) in [5, 5.41) is 21.9. The number of carbonyl (C=O) groups excluding carboxylic acids is 2. The molecule has 216 valence electrons. The van der Waals surface area contributed by atoms with Crippen molar-refractivity contribution in [1.82, 2.24) is 10.2 Å². The number of benzene rings is 2. The molecule has 0 unspecified atom stereocenters. The summed E-state index contributed by atoms with van der Waals surface area (Å²) >= 11 is 0. The first-order chi connectivity index (χ1) is 19.2. The molecular weight excluding hydrogens is 547 g/mol. The van der Waals surface area contributed by atoms with Gasteiger partial charge < -0.3 is 10.1 Å². The van der Waals surface area contributed by atoms with Crippen LogP contribution in [0.2, 0.25) is 0 Å². The van der Waals surface area contributed by atoms with E-state index in [2.05, 4.69) is 5.32 Å². The summed E-state index contributed by atoms with van der Waals surface area (Å²) in [6.07, 6.45) is 3.54. The average Bonchev–Trinajstić information content (AvgIpc) is 2.91. The number of sulfone groups is 1. The van der Waals surface area contributed by atoms with E-state index in [1.165, 1.54) is 35.2 Å². The number of hydrogen-bond donors (Lipinski definition) is 1. The second kappa shape index (κ2) is 11.5. The van der Waals surface area contributed by atoms with Gasteiger partial charge in [0.15, 0.2) is 9.84 Å². The highest BCUT2D eigenvalue weighted by Crippen LogP contribution is 2.40. The van der Waals surface area contributed by atoms with Crippen molar-refractivity contribution in [2.45, 2.75) is 81.5 Å². The van der Waals surface area contributed by atoms with Crippen molar-refractivity contribution < 1.29 is 27.1 Å². The highest BCUT2D eigenvalue weighted by atomic mass is 32.2. The molecule has 9 nitrogen and oxygen atoms in total. The van der Waals surface area contributed by atoms with Crippen LogP contribution in [0, 0.1) is 34.4 Å². The van der Waals surface area contributed by atoms with Crippen LogP contribution < -0.4 is 5.32 Å². The average molecular weight is 581 g/mol. The molecule has 2 bridgehead atoms. The number of nitrogens with zero attached hydrogens (tertiary/aromatic N) is 3. The Hall–Kier alpha value is -3.96. The molecule has 2 amide bonds. The van der Waals surface area contributed by atoms with E-state index in [1.54, 1.807) is 26.8 Å². The van der Waals surface area contributed by atoms with Crippen LogP contribution in [0.4, 0.5) is 9.18 Å². The first kappa shape index (κ1) is 30.0. The molecule has 3 fully saturated rings. The quantitative estimate of drug-likeness (QED) is 0.531. The zero-order valence-electron chi connectivity index (χ0n) is 23.5. The number of halogens is 1. The van der Waals surface area contributed by atoms with Gasteiger partial charge in [-0.3, -0.25) is 9.69 Å². The Morgan fingerprint density at radius 1 is 1.10 bits per heavy atom. The van der Waals surface area contributed by atoms with Crippen molar-refractivity contribution in [2.24, 2.45) is 5.92 Å². The maximum absolute atomic E-state index is 15.2. The van der Waals surface area contributed by atoms with Crippen LogP contribution in [0.5, 0.6) is 0 Å². The number of fused-ring (bicyclic) bond motifs is 3. The van der Waals surface area contributed by atoms with E-state index in [1.807, 2.05) is 12.1 Å². The van der Waals surface area contributed by atoms with Crippen LogP contribution in [0.15, 0.2) is 41.3 Å². The van der Waals surface area contributed by atoms with E-state index in [-0.39, 0.29) is 34.4 Å². The number of nitrogens with one attached hydrogen (secondary N) is 1. The minimum atomic E-state index is -3.60. The van der Waals surface area contributed by atoms with E-state index < -0.39 is 45.3 Å². The highest BCUT2D eigenvalue weighted by molar-refractivity contribution is 7.90. The summed E-state index contributed by atoms with van der Waals surface area (Å²) in [4.78, 5) is 27.9. The molecule has 2 atom stereocenters. The lowest BCUT2D eigenvalue weighted by molar-refractivity contribution is -0.135. The second-order valence-corrected chi connectivity index (χ2v) is 13.7. The fourth-order valence-electron chi connectivity index (χ4n) is 5.69. The number of amides is 2. The van der Waals surface area contributed by atoms with Crippen molar-refractivity contribution in [3.05, 3.63) is 53.3 Å². The lowest BCUT2D eigenvalue weighted by Gasteiger charge is -2.50. The van der Waals surface area contributed by atoms with E-state index >= 15 is 4.39 Å². The Labute approximate surface area is 239 Å². The van der Waals surface area contributed by atoms with Crippen molar-refractivity contribution in [2.75, 3.05) is 6.26 Å². The first-order valence-corrected chi connectivity index (χ1v) is 15.4.